The Hall–Kier alpha value is -2.00. The van der Waals surface area contributed by atoms with Crippen LogP contribution >= 0.6 is 0 Å². The van der Waals surface area contributed by atoms with Gasteiger partial charge in [-0.3, -0.25) is 0 Å². The van der Waals surface area contributed by atoms with Crippen molar-refractivity contribution in [2.75, 3.05) is 13.2 Å². The molecule has 0 spiro atoms. The van der Waals surface area contributed by atoms with Gasteiger partial charge in [0.05, 0.1) is 6.61 Å². The predicted octanol–water partition coefficient (Wildman–Crippen LogP) is 6.54. The summed E-state index contributed by atoms with van der Waals surface area (Å²) in [5.74, 6) is 1.78. The molecule has 0 aliphatic carbocycles. The SMILES string of the molecule is OCCCCCCCCCCCCOc1ccc(OCc2ccccc2)cc1. The average molecular weight is 385 g/mol. The lowest BCUT2D eigenvalue weighted by atomic mass is 10.1. The van der Waals surface area contributed by atoms with Crippen molar-refractivity contribution in [3.8, 4) is 11.5 Å². The van der Waals surface area contributed by atoms with Crippen LogP contribution in [0.5, 0.6) is 11.5 Å². The van der Waals surface area contributed by atoms with E-state index >= 15 is 0 Å². The fourth-order valence-electron chi connectivity index (χ4n) is 3.19. The third kappa shape index (κ3) is 10.4. The maximum atomic E-state index is 8.74. The quantitative estimate of drug-likeness (QED) is 0.334. The van der Waals surface area contributed by atoms with E-state index in [4.69, 9.17) is 14.6 Å². The van der Waals surface area contributed by atoms with Gasteiger partial charge in [-0.2, -0.15) is 0 Å². The highest BCUT2D eigenvalue weighted by atomic mass is 16.5. The lowest BCUT2D eigenvalue weighted by molar-refractivity contribution is 0.282. The molecule has 0 fully saturated rings. The molecule has 0 amide bonds. The van der Waals surface area contributed by atoms with Crippen LogP contribution < -0.4 is 9.47 Å². The molecule has 0 aliphatic heterocycles. The van der Waals surface area contributed by atoms with Crippen LogP contribution in [0.2, 0.25) is 0 Å². The van der Waals surface area contributed by atoms with E-state index in [0.717, 1.165) is 30.9 Å². The molecule has 0 atom stereocenters. The third-order valence-corrected chi connectivity index (χ3v) is 4.89. The minimum absolute atomic E-state index is 0.342. The molecule has 3 nitrogen and oxygen atoms in total. The summed E-state index contributed by atoms with van der Waals surface area (Å²) in [5.41, 5.74) is 1.17. The first kappa shape index (κ1) is 22.3. The van der Waals surface area contributed by atoms with Gasteiger partial charge in [-0.15, -0.1) is 0 Å². The fourth-order valence-corrected chi connectivity index (χ4v) is 3.19. The smallest absolute Gasteiger partial charge is 0.120 e. The van der Waals surface area contributed by atoms with Crippen LogP contribution in [0.25, 0.3) is 0 Å². The molecule has 154 valence electrons. The molecular weight excluding hydrogens is 348 g/mol. The number of aliphatic hydroxyl groups is 1. The molecule has 0 heterocycles. The number of rotatable bonds is 16. The molecule has 0 saturated heterocycles. The van der Waals surface area contributed by atoms with Crippen LogP contribution in [0.1, 0.15) is 69.8 Å². The van der Waals surface area contributed by atoms with E-state index in [2.05, 4.69) is 12.1 Å². The Kier molecular flexibility index (Phi) is 11.9. The summed E-state index contributed by atoms with van der Waals surface area (Å²) in [4.78, 5) is 0. The largest absolute Gasteiger partial charge is 0.494 e. The van der Waals surface area contributed by atoms with Crippen molar-refractivity contribution >= 4 is 0 Å². The van der Waals surface area contributed by atoms with E-state index in [1.807, 2.05) is 42.5 Å². The van der Waals surface area contributed by atoms with Crippen LogP contribution in [-0.2, 0) is 6.61 Å². The van der Waals surface area contributed by atoms with Gasteiger partial charge in [0, 0.05) is 6.61 Å². The van der Waals surface area contributed by atoms with E-state index in [1.165, 1.54) is 56.9 Å². The summed E-state index contributed by atoms with van der Waals surface area (Å²) >= 11 is 0. The first-order valence-electron chi connectivity index (χ1n) is 10.9. The van der Waals surface area contributed by atoms with Crippen molar-refractivity contribution in [3.05, 3.63) is 60.2 Å². The van der Waals surface area contributed by atoms with Crippen molar-refractivity contribution in [1.29, 1.82) is 0 Å². The Labute approximate surface area is 170 Å². The van der Waals surface area contributed by atoms with E-state index in [0.29, 0.717) is 13.2 Å². The van der Waals surface area contributed by atoms with Crippen molar-refractivity contribution in [1.82, 2.24) is 0 Å². The van der Waals surface area contributed by atoms with E-state index < -0.39 is 0 Å². The van der Waals surface area contributed by atoms with Gasteiger partial charge in [0.2, 0.25) is 0 Å². The summed E-state index contributed by atoms with van der Waals surface area (Å²) in [6, 6.07) is 18.1. The van der Waals surface area contributed by atoms with Crippen LogP contribution in [0.4, 0.5) is 0 Å². The number of ether oxygens (including phenoxy) is 2. The highest BCUT2D eigenvalue weighted by Crippen LogP contribution is 2.19. The molecule has 2 aromatic rings. The highest BCUT2D eigenvalue weighted by molar-refractivity contribution is 5.31. The summed E-state index contributed by atoms with van der Waals surface area (Å²) in [5, 5.41) is 8.74. The molecule has 0 aliphatic rings. The van der Waals surface area contributed by atoms with Gasteiger partial charge in [-0.05, 0) is 42.7 Å². The van der Waals surface area contributed by atoms with Gasteiger partial charge in [-0.25, -0.2) is 0 Å². The minimum Gasteiger partial charge on any atom is -0.494 e. The molecule has 1 N–H and O–H groups in total. The van der Waals surface area contributed by atoms with Gasteiger partial charge in [0.25, 0.3) is 0 Å². The summed E-state index contributed by atoms with van der Waals surface area (Å²) in [6.07, 6.45) is 12.4. The monoisotopic (exact) mass is 384 g/mol. The van der Waals surface area contributed by atoms with Gasteiger partial charge < -0.3 is 14.6 Å². The highest BCUT2D eigenvalue weighted by Gasteiger charge is 1.98. The number of unbranched alkanes of at least 4 members (excludes halogenated alkanes) is 9. The summed E-state index contributed by atoms with van der Waals surface area (Å²) < 4.78 is 11.6. The zero-order chi connectivity index (χ0) is 19.7. The molecule has 2 aromatic carbocycles. The lowest BCUT2D eigenvalue weighted by Gasteiger charge is -2.09. The number of hydrogen-bond donors (Lipinski definition) is 1. The van der Waals surface area contributed by atoms with Crippen LogP contribution in [-0.4, -0.2) is 18.3 Å². The topological polar surface area (TPSA) is 38.7 Å². The standard InChI is InChI=1S/C25H36O3/c26-20-12-7-5-3-1-2-4-6-8-13-21-27-24-16-18-25(19-17-24)28-22-23-14-10-9-11-15-23/h9-11,14-19,26H,1-8,12-13,20-22H2. The maximum Gasteiger partial charge on any atom is 0.120 e. The molecule has 28 heavy (non-hydrogen) atoms. The molecule has 0 saturated carbocycles. The third-order valence-electron chi connectivity index (χ3n) is 4.89. The van der Waals surface area contributed by atoms with Crippen molar-refractivity contribution in [3.63, 3.8) is 0 Å². The zero-order valence-corrected chi connectivity index (χ0v) is 17.2. The van der Waals surface area contributed by atoms with Crippen molar-refractivity contribution in [2.24, 2.45) is 0 Å². The van der Waals surface area contributed by atoms with Gasteiger partial charge in [0.15, 0.2) is 0 Å². The molecule has 0 aromatic heterocycles. The number of benzene rings is 2. The predicted molar refractivity (Wildman–Crippen MR) is 116 cm³/mol. The Morgan fingerprint density at radius 3 is 1.61 bits per heavy atom. The molecule has 0 unspecified atom stereocenters. The average Bonchev–Trinajstić information content (AvgIpc) is 2.74. The Morgan fingerprint density at radius 2 is 1.04 bits per heavy atom. The van der Waals surface area contributed by atoms with Crippen molar-refractivity contribution < 1.29 is 14.6 Å². The zero-order valence-electron chi connectivity index (χ0n) is 17.2. The van der Waals surface area contributed by atoms with E-state index in [-0.39, 0.29) is 0 Å². The second kappa shape index (κ2) is 15.0. The van der Waals surface area contributed by atoms with Crippen LogP contribution in [0, 0.1) is 0 Å². The Balaban J connectivity index is 1.45. The van der Waals surface area contributed by atoms with Crippen LogP contribution in [0.15, 0.2) is 54.6 Å². The first-order chi connectivity index (χ1) is 13.9. The minimum atomic E-state index is 0.342. The van der Waals surface area contributed by atoms with Gasteiger partial charge >= 0.3 is 0 Å². The lowest BCUT2D eigenvalue weighted by Crippen LogP contribution is -1.98. The Morgan fingerprint density at radius 1 is 0.536 bits per heavy atom. The number of hydrogen-bond acceptors (Lipinski definition) is 3. The molecule has 2 rings (SSSR count). The normalized spacial score (nSPS) is 10.8. The Bertz CT molecular complexity index is 595. The molecular formula is C25H36O3. The van der Waals surface area contributed by atoms with E-state index in [9.17, 15) is 0 Å². The van der Waals surface area contributed by atoms with E-state index in [1.54, 1.807) is 0 Å². The fraction of sp³-hybridized carbons (Fsp3) is 0.520. The van der Waals surface area contributed by atoms with Gasteiger partial charge in [-0.1, -0.05) is 81.7 Å². The first-order valence-corrected chi connectivity index (χ1v) is 10.9. The van der Waals surface area contributed by atoms with Crippen molar-refractivity contribution in [2.45, 2.75) is 70.8 Å². The van der Waals surface area contributed by atoms with Gasteiger partial charge in [0.1, 0.15) is 18.1 Å². The molecule has 0 bridgehead atoms. The molecule has 0 radical (unpaired) electrons. The maximum absolute atomic E-state index is 8.74. The molecule has 3 heteroatoms. The van der Waals surface area contributed by atoms with Crippen LogP contribution in [0.3, 0.4) is 0 Å². The summed E-state index contributed by atoms with van der Waals surface area (Å²) in [6.45, 7) is 1.71. The second-order valence-electron chi connectivity index (χ2n) is 7.35. The number of aliphatic hydroxyl groups excluding tert-OH is 1. The second-order valence-corrected chi connectivity index (χ2v) is 7.35. The summed E-state index contributed by atoms with van der Waals surface area (Å²) in [7, 11) is 0.